The van der Waals surface area contributed by atoms with E-state index in [4.69, 9.17) is 14.6 Å². The van der Waals surface area contributed by atoms with Gasteiger partial charge >= 0.3 is 5.97 Å². The van der Waals surface area contributed by atoms with Crippen LogP contribution in [0, 0.1) is 0 Å². The summed E-state index contributed by atoms with van der Waals surface area (Å²) in [7, 11) is 0. The third-order valence-corrected chi connectivity index (χ3v) is 4.61. The van der Waals surface area contributed by atoms with Crippen molar-refractivity contribution >= 4 is 17.6 Å². The molecule has 1 atom stereocenters. The summed E-state index contributed by atoms with van der Waals surface area (Å²) in [5, 5.41) is 14.8. The molecule has 0 aromatic heterocycles. The van der Waals surface area contributed by atoms with E-state index in [0.29, 0.717) is 17.9 Å². The van der Waals surface area contributed by atoms with Crippen LogP contribution in [0.1, 0.15) is 36.4 Å². The molecule has 0 fully saturated rings. The van der Waals surface area contributed by atoms with E-state index in [0.717, 1.165) is 16.8 Å². The second-order valence-electron chi connectivity index (χ2n) is 6.38. The van der Waals surface area contributed by atoms with Crippen LogP contribution in [-0.2, 0) is 9.59 Å². The van der Waals surface area contributed by atoms with Gasteiger partial charge in [-0.2, -0.15) is 5.10 Å². The van der Waals surface area contributed by atoms with Gasteiger partial charge in [-0.15, -0.1) is 0 Å². The van der Waals surface area contributed by atoms with Gasteiger partial charge in [0.2, 0.25) is 12.7 Å². The van der Waals surface area contributed by atoms with E-state index in [2.05, 4.69) is 5.10 Å². The predicted molar refractivity (Wildman–Crippen MR) is 96.6 cm³/mol. The number of carboxylic acids is 1. The Morgan fingerprint density at radius 2 is 1.85 bits per heavy atom. The van der Waals surface area contributed by atoms with E-state index in [1.165, 1.54) is 5.01 Å². The third kappa shape index (κ3) is 3.48. The number of benzene rings is 2. The molecular formula is C20H18N2O5. The van der Waals surface area contributed by atoms with Gasteiger partial charge in [0.05, 0.1) is 18.2 Å². The predicted octanol–water partition coefficient (Wildman–Crippen LogP) is 2.96. The highest BCUT2D eigenvalue weighted by Gasteiger charge is 2.34. The summed E-state index contributed by atoms with van der Waals surface area (Å²) in [6, 6.07) is 14.9. The first kappa shape index (κ1) is 17.1. The van der Waals surface area contributed by atoms with Crippen LogP contribution in [0.25, 0.3) is 0 Å². The molecule has 2 aromatic rings. The number of carbonyl (C=O) groups is 2. The maximum atomic E-state index is 12.6. The van der Waals surface area contributed by atoms with Gasteiger partial charge < -0.3 is 14.6 Å². The average molecular weight is 366 g/mol. The van der Waals surface area contributed by atoms with E-state index in [1.54, 1.807) is 0 Å². The van der Waals surface area contributed by atoms with Gasteiger partial charge in [0, 0.05) is 12.8 Å². The van der Waals surface area contributed by atoms with Crippen LogP contribution in [0.5, 0.6) is 11.5 Å². The number of carboxylic acid groups (broad SMARTS) is 1. The lowest BCUT2D eigenvalue weighted by atomic mass is 9.98. The fourth-order valence-corrected chi connectivity index (χ4v) is 3.25. The highest BCUT2D eigenvalue weighted by Crippen LogP contribution is 2.39. The first-order valence-electron chi connectivity index (χ1n) is 8.68. The molecule has 7 heteroatoms. The van der Waals surface area contributed by atoms with Gasteiger partial charge in [0.25, 0.3) is 0 Å². The first-order valence-corrected chi connectivity index (χ1v) is 8.68. The number of ether oxygens (including phenoxy) is 2. The van der Waals surface area contributed by atoms with E-state index < -0.39 is 5.97 Å². The summed E-state index contributed by atoms with van der Waals surface area (Å²) in [6.45, 7) is 0.177. The zero-order valence-electron chi connectivity index (χ0n) is 14.5. The largest absolute Gasteiger partial charge is 0.481 e. The van der Waals surface area contributed by atoms with E-state index >= 15 is 0 Å². The Morgan fingerprint density at radius 1 is 1.07 bits per heavy atom. The molecule has 4 rings (SSSR count). The molecule has 0 bridgehead atoms. The molecule has 1 amide bonds. The summed E-state index contributed by atoms with van der Waals surface area (Å²) < 4.78 is 10.8. The van der Waals surface area contributed by atoms with Crippen LogP contribution >= 0.6 is 0 Å². The quantitative estimate of drug-likeness (QED) is 0.879. The third-order valence-electron chi connectivity index (χ3n) is 4.61. The van der Waals surface area contributed by atoms with Gasteiger partial charge in [-0.05, 0) is 23.3 Å². The summed E-state index contributed by atoms with van der Waals surface area (Å²) in [6.07, 6.45) is 0.226. The van der Waals surface area contributed by atoms with Crippen molar-refractivity contribution in [2.24, 2.45) is 5.10 Å². The minimum Gasteiger partial charge on any atom is -0.481 e. The lowest BCUT2D eigenvalue weighted by Gasteiger charge is -2.22. The standard InChI is InChI=1S/C20H18N2O5/c23-19(8-9-20(24)25)22-16(11-15(21-22)13-4-2-1-3-5-13)14-6-7-17-18(10-14)27-12-26-17/h1-7,10,16H,8-9,11-12H2,(H,24,25)/t16-/m0/s1. The highest BCUT2D eigenvalue weighted by molar-refractivity contribution is 6.03. The van der Waals surface area contributed by atoms with Crippen molar-refractivity contribution in [2.45, 2.75) is 25.3 Å². The minimum absolute atomic E-state index is 0.0953. The molecule has 2 aliphatic heterocycles. The van der Waals surface area contributed by atoms with E-state index in [9.17, 15) is 9.59 Å². The van der Waals surface area contributed by atoms with Crippen molar-refractivity contribution in [1.82, 2.24) is 5.01 Å². The van der Waals surface area contributed by atoms with Crippen LogP contribution in [0.2, 0.25) is 0 Å². The lowest BCUT2D eigenvalue weighted by molar-refractivity contribution is -0.141. The Morgan fingerprint density at radius 3 is 2.63 bits per heavy atom. The maximum Gasteiger partial charge on any atom is 0.303 e. The Balaban J connectivity index is 1.64. The summed E-state index contributed by atoms with van der Waals surface area (Å²) >= 11 is 0. The van der Waals surface area contributed by atoms with Gasteiger partial charge in [-0.25, -0.2) is 5.01 Å². The molecule has 2 heterocycles. The molecule has 138 valence electrons. The number of fused-ring (bicyclic) bond motifs is 1. The number of hydrazone groups is 1. The molecular weight excluding hydrogens is 348 g/mol. The second-order valence-corrected chi connectivity index (χ2v) is 6.38. The van der Waals surface area contributed by atoms with Crippen LogP contribution in [0.4, 0.5) is 0 Å². The normalized spacial score (nSPS) is 17.7. The first-order chi connectivity index (χ1) is 13.1. The lowest BCUT2D eigenvalue weighted by Crippen LogP contribution is -2.27. The van der Waals surface area contributed by atoms with Gasteiger partial charge in [-0.3, -0.25) is 9.59 Å². The number of aliphatic carboxylic acids is 1. The molecule has 7 nitrogen and oxygen atoms in total. The Labute approximate surface area is 155 Å². The summed E-state index contributed by atoms with van der Waals surface area (Å²) in [4.78, 5) is 23.5. The Kier molecular flexibility index (Phi) is 4.50. The smallest absolute Gasteiger partial charge is 0.303 e. The van der Waals surface area contributed by atoms with Gasteiger partial charge in [-0.1, -0.05) is 36.4 Å². The summed E-state index contributed by atoms with van der Waals surface area (Å²) in [5.41, 5.74) is 2.61. The Hall–Kier alpha value is -3.35. The van der Waals surface area contributed by atoms with Crippen molar-refractivity contribution in [1.29, 1.82) is 0 Å². The molecule has 0 saturated heterocycles. The Bertz CT molecular complexity index is 910. The molecule has 0 aliphatic carbocycles. The average Bonchev–Trinajstić information content (AvgIpc) is 3.33. The zero-order chi connectivity index (χ0) is 18.8. The van der Waals surface area contributed by atoms with Crippen molar-refractivity contribution < 1.29 is 24.2 Å². The highest BCUT2D eigenvalue weighted by atomic mass is 16.7. The van der Waals surface area contributed by atoms with Gasteiger partial charge in [0.1, 0.15) is 0 Å². The van der Waals surface area contributed by atoms with Gasteiger partial charge in [0.15, 0.2) is 11.5 Å². The monoisotopic (exact) mass is 366 g/mol. The van der Waals surface area contributed by atoms with E-state index in [-0.39, 0.29) is 31.6 Å². The molecule has 2 aromatic carbocycles. The SMILES string of the molecule is O=C(O)CCC(=O)N1N=C(c2ccccc2)C[C@H]1c1ccc2c(c1)OCO2. The number of rotatable bonds is 5. The molecule has 0 unspecified atom stereocenters. The number of nitrogens with zero attached hydrogens (tertiary/aromatic N) is 2. The second kappa shape index (κ2) is 7.11. The topological polar surface area (TPSA) is 88.4 Å². The molecule has 1 N–H and O–H groups in total. The van der Waals surface area contributed by atoms with Crippen LogP contribution < -0.4 is 9.47 Å². The molecule has 27 heavy (non-hydrogen) atoms. The molecule has 0 spiro atoms. The van der Waals surface area contributed by atoms with Crippen molar-refractivity contribution in [3.05, 3.63) is 59.7 Å². The van der Waals surface area contributed by atoms with Crippen molar-refractivity contribution in [2.75, 3.05) is 6.79 Å². The maximum absolute atomic E-state index is 12.6. The number of carbonyl (C=O) groups excluding carboxylic acids is 1. The van der Waals surface area contributed by atoms with Crippen LogP contribution in [0.3, 0.4) is 0 Å². The summed E-state index contributed by atoms with van der Waals surface area (Å²) in [5.74, 6) is -0.0104. The zero-order valence-corrected chi connectivity index (χ0v) is 14.5. The van der Waals surface area contributed by atoms with Crippen LogP contribution in [0.15, 0.2) is 53.6 Å². The van der Waals surface area contributed by atoms with Crippen molar-refractivity contribution in [3.8, 4) is 11.5 Å². The minimum atomic E-state index is -1.01. The molecule has 0 radical (unpaired) electrons. The van der Waals surface area contributed by atoms with Crippen molar-refractivity contribution in [3.63, 3.8) is 0 Å². The fraction of sp³-hybridized carbons (Fsp3) is 0.250. The molecule has 2 aliphatic rings. The number of hydrogen-bond acceptors (Lipinski definition) is 5. The van der Waals surface area contributed by atoms with E-state index in [1.807, 2.05) is 48.5 Å². The van der Waals surface area contributed by atoms with Crippen LogP contribution in [-0.4, -0.2) is 34.5 Å². The number of amides is 1. The fourth-order valence-electron chi connectivity index (χ4n) is 3.25. The number of hydrogen-bond donors (Lipinski definition) is 1. The molecule has 0 saturated carbocycles.